The molecule has 0 unspecified atom stereocenters. The summed E-state index contributed by atoms with van der Waals surface area (Å²) < 4.78 is 11.6. The molecule has 5 rings (SSSR count). The van der Waals surface area contributed by atoms with Crippen molar-refractivity contribution in [1.82, 2.24) is 15.3 Å². The Hall–Kier alpha value is -3.51. The van der Waals surface area contributed by atoms with Crippen LogP contribution < -0.4 is 10.7 Å². The Morgan fingerprint density at radius 3 is 2.77 bits per heavy atom. The Kier molecular flexibility index (Phi) is 5.23. The number of hydrogen-bond acceptors (Lipinski definition) is 6. The second-order valence-corrected chi connectivity index (χ2v) is 7.46. The number of ether oxygens (including phenoxy) is 1. The van der Waals surface area contributed by atoms with Gasteiger partial charge >= 0.3 is 0 Å². The lowest BCUT2D eigenvalue weighted by molar-refractivity contribution is 0.192. The van der Waals surface area contributed by atoms with Gasteiger partial charge in [0.05, 0.1) is 24.6 Å². The fourth-order valence-corrected chi connectivity index (χ4v) is 3.82. The molecule has 0 saturated carbocycles. The second-order valence-electron chi connectivity index (χ2n) is 7.46. The van der Waals surface area contributed by atoms with Crippen LogP contribution in [0.4, 0.5) is 5.69 Å². The third-order valence-corrected chi connectivity index (χ3v) is 5.36. The predicted molar refractivity (Wildman–Crippen MR) is 116 cm³/mol. The maximum Gasteiger partial charge on any atom is 0.181 e. The van der Waals surface area contributed by atoms with Gasteiger partial charge in [0.1, 0.15) is 12.4 Å². The van der Waals surface area contributed by atoms with Gasteiger partial charge in [-0.25, -0.2) is 4.98 Å². The summed E-state index contributed by atoms with van der Waals surface area (Å²) in [5.41, 5.74) is 9.37. The van der Waals surface area contributed by atoms with Gasteiger partial charge in [-0.05, 0) is 53.9 Å². The normalized spacial score (nSPS) is 16.1. The molecule has 30 heavy (non-hydrogen) atoms. The Labute approximate surface area is 175 Å². The first-order chi connectivity index (χ1) is 14.8. The Bertz CT molecular complexity index is 1040. The lowest BCUT2D eigenvalue weighted by Gasteiger charge is -2.34. The molecule has 0 amide bonds. The number of rotatable bonds is 6. The minimum Gasteiger partial charge on any atom is -0.487 e. The number of allylic oxidation sites excluding steroid dienone is 1. The molecule has 0 saturated heterocycles. The summed E-state index contributed by atoms with van der Waals surface area (Å²) in [4.78, 5) is 3.98. The Morgan fingerprint density at radius 2 is 1.97 bits per heavy atom. The van der Waals surface area contributed by atoms with E-state index >= 15 is 0 Å². The summed E-state index contributed by atoms with van der Waals surface area (Å²) in [7, 11) is 0. The van der Waals surface area contributed by atoms with Gasteiger partial charge in [-0.2, -0.15) is 0 Å². The van der Waals surface area contributed by atoms with Gasteiger partial charge in [-0.15, -0.1) is 0 Å². The summed E-state index contributed by atoms with van der Waals surface area (Å²) >= 11 is 0. The molecule has 2 aromatic carbocycles. The lowest BCUT2D eigenvalue weighted by atomic mass is 9.97. The van der Waals surface area contributed by atoms with Crippen LogP contribution in [0.5, 0.6) is 0 Å². The van der Waals surface area contributed by atoms with Crippen LogP contribution in [0.3, 0.4) is 0 Å². The highest BCUT2D eigenvalue weighted by atomic mass is 16.5. The van der Waals surface area contributed by atoms with Gasteiger partial charge in [0.2, 0.25) is 0 Å². The molecule has 0 fully saturated rings. The highest BCUT2D eigenvalue weighted by molar-refractivity contribution is 5.60. The van der Waals surface area contributed by atoms with E-state index in [1.807, 2.05) is 42.5 Å². The van der Waals surface area contributed by atoms with E-state index in [1.54, 1.807) is 6.20 Å². The predicted octanol–water partition coefficient (Wildman–Crippen LogP) is 4.33. The zero-order valence-electron chi connectivity index (χ0n) is 16.7. The summed E-state index contributed by atoms with van der Waals surface area (Å²) in [6.45, 7) is 3.27. The maximum absolute atomic E-state index is 6.25. The second kappa shape index (κ2) is 8.47. The zero-order chi connectivity index (χ0) is 20.2. The van der Waals surface area contributed by atoms with Crippen molar-refractivity contribution in [2.45, 2.75) is 13.0 Å². The van der Waals surface area contributed by atoms with Crippen molar-refractivity contribution in [3.05, 3.63) is 95.9 Å². The molecule has 0 aliphatic carbocycles. The molecule has 2 aliphatic heterocycles. The van der Waals surface area contributed by atoms with Crippen LogP contribution in [-0.4, -0.2) is 29.6 Å². The van der Waals surface area contributed by atoms with E-state index in [9.17, 15) is 0 Å². The van der Waals surface area contributed by atoms with Crippen LogP contribution >= 0.6 is 0 Å². The number of hydrogen-bond donors (Lipinski definition) is 2. The Morgan fingerprint density at radius 1 is 1.10 bits per heavy atom. The highest BCUT2D eigenvalue weighted by Gasteiger charge is 2.24. The molecular formula is C24H24N4O2. The quantitative estimate of drug-likeness (QED) is 0.642. The van der Waals surface area contributed by atoms with Crippen LogP contribution in [0.15, 0.2) is 94.7 Å². The molecule has 0 bridgehead atoms. The first-order valence-corrected chi connectivity index (χ1v) is 10.2. The molecule has 0 radical (unpaired) electrons. The molecule has 2 N–H and O–H groups in total. The minimum absolute atomic E-state index is 0.566. The number of nitrogens with one attached hydrogen (secondary N) is 2. The van der Waals surface area contributed by atoms with E-state index in [2.05, 4.69) is 39.1 Å². The van der Waals surface area contributed by atoms with E-state index in [0.29, 0.717) is 6.61 Å². The molecule has 3 aromatic rings. The van der Waals surface area contributed by atoms with Crippen molar-refractivity contribution in [3.8, 4) is 11.3 Å². The monoisotopic (exact) mass is 400 g/mol. The van der Waals surface area contributed by atoms with Gasteiger partial charge in [0.25, 0.3) is 0 Å². The summed E-state index contributed by atoms with van der Waals surface area (Å²) in [6.07, 6.45) is 6.24. The topological polar surface area (TPSA) is 62.6 Å². The van der Waals surface area contributed by atoms with E-state index in [-0.39, 0.29) is 0 Å². The van der Waals surface area contributed by atoms with E-state index < -0.39 is 0 Å². The van der Waals surface area contributed by atoms with Crippen LogP contribution in [-0.2, 0) is 11.3 Å². The highest BCUT2D eigenvalue weighted by Crippen LogP contribution is 2.29. The fraction of sp³-hybridized carbons (Fsp3) is 0.208. The molecule has 6 nitrogen and oxygen atoms in total. The molecule has 0 atom stereocenters. The smallest absolute Gasteiger partial charge is 0.181 e. The molecule has 2 aliphatic rings. The van der Waals surface area contributed by atoms with Crippen LogP contribution in [0.25, 0.3) is 11.3 Å². The van der Waals surface area contributed by atoms with Gasteiger partial charge in [-0.3, -0.25) is 10.4 Å². The largest absolute Gasteiger partial charge is 0.487 e. The number of oxazole rings is 1. The van der Waals surface area contributed by atoms with Crippen LogP contribution in [0, 0.1) is 0 Å². The summed E-state index contributed by atoms with van der Waals surface area (Å²) in [6, 6.07) is 18.4. The molecule has 6 heteroatoms. The zero-order valence-corrected chi connectivity index (χ0v) is 16.7. The van der Waals surface area contributed by atoms with Gasteiger partial charge in [-0.1, -0.05) is 30.3 Å². The molecule has 152 valence electrons. The SMILES string of the molecule is C1=C(OCc2ccccc2)C2=C(CNCC2)CN1Nc1ccc(-c2cnco2)cc1. The van der Waals surface area contributed by atoms with Crippen LogP contribution in [0.2, 0.25) is 0 Å². The van der Waals surface area contributed by atoms with Gasteiger partial charge < -0.3 is 14.5 Å². The number of aromatic nitrogens is 1. The maximum atomic E-state index is 6.25. The lowest BCUT2D eigenvalue weighted by Crippen LogP contribution is -2.37. The van der Waals surface area contributed by atoms with E-state index in [1.165, 1.54) is 23.1 Å². The number of benzene rings is 2. The minimum atomic E-state index is 0.566. The first-order valence-electron chi connectivity index (χ1n) is 10.2. The van der Waals surface area contributed by atoms with Crippen molar-refractivity contribution in [2.24, 2.45) is 0 Å². The fourth-order valence-electron chi connectivity index (χ4n) is 3.82. The van der Waals surface area contributed by atoms with Crippen LogP contribution in [0.1, 0.15) is 12.0 Å². The average Bonchev–Trinajstić information content (AvgIpc) is 3.34. The third kappa shape index (κ3) is 4.09. The number of nitrogens with zero attached hydrogens (tertiary/aromatic N) is 2. The Balaban J connectivity index is 1.32. The van der Waals surface area contributed by atoms with Crippen molar-refractivity contribution in [1.29, 1.82) is 0 Å². The number of anilines is 1. The molecule has 1 aromatic heterocycles. The third-order valence-electron chi connectivity index (χ3n) is 5.36. The average molecular weight is 400 g/mol. The molecule has 3 heterocycles. The van der Waals surface area contributed by atoms with Crippen molar-refractivity contribution >= 4 is 5.69 Å². The van der Waals surface area contributed by atoms with Gasteiger partial charge in [0.15, 0.2) is 12.2 Å². The van der Waals surface area contributed by atoms with Crippen molar-refractivity contribution in [3.63, 3.8) is 0 Å². The standard InChI is InChI=1S/C24H24N4O2/c1-2-4-18(5-3-1)16-29-24-15-28(14-20-12-25-11-10-22(20)24)27-21-8-6-19(7-9-21)23-13-26-17-30-23/h1-9,13,15,17,25,27H,10-12,14,16H2. The molecule has 0 spiro atoms. The summed E-state index contributed by atoms with van der Waals surface area (Å²) in [5, 5.41) is 5.57. The van der Waals surface area contributed by atoms with Crippen molar-refractivity contribution in [2.75, 3.05) is 25.1 Å². The first kappa shape index (κ1) is 18.5. The van der Waals surface area contributed by atoms with E-state index in [0.717, 1.165) is 48.8 Å². The van der Waals surface area contributed by atoms with Gasteiger partial charge in [0, 0.05) is 12.1 Å². The van der Waals surface area contributed by atoms with E-state index in [4.69, 9.17) is 9.15 Å². The molecular weight excluding hydrogens is 376 g/mol. The van der Waals surface area contributed by atoms with Crippen molar-refractivity contribution < 1.29 is 9.15 Å². The summed E-state index contributed by atoms with van der Waals surface area (Å²) in [5.74, 6) is 1.71. The number of hydrazine groups is 1.